The summed E-state index contributed by atoms with van der Waals surface area (Å²) in [6.07, 6.45) is 8.13. The molecule has 5 nitrogen and oxygen atoms in total. The van der Waals surface area contributed by atoms with Crippen LogP contribution in [0.2, 0.25) is 0 Å². The average molecular weight is 447 g/mol. The highest BCUT2D eigenvalue weighted by Gasteiger charge is 2.51. The number of rotatable bonds is 8. The number of hydrogen-bond donors (Lipinski definition) is 3. The molecule has 3 N–H and O–H groups in total. The molecule has 4 bridgehead atoms. The number of carbonyl (C=O) groups is 1. The van der Waals surface area contributed by atoms with Crippen molar-refractivity contribution in [3.63, 3.8) is 0 Å². The van der Waals surface area contributed by atoms with Crippen molar-refractivity contribution >= 4 is 34.7 Å². The maximum Gasteiger partial charge on any atom is 0.243 e. The third-order valence-corrected chi connectivity index (χ3v) is 8.20. The molecule has 0 aromatic heterocycles. The zero-order chi connectivity index (χ0) is 22.0. The quantitative estimate of drug-likeness (QED) is 0.451. The molecule has 0 aliphatic heterocycles. The van der Waals surface area contributed by atoms with E-state index in [9.17, 15) is 4.79 Å². The monoisotopic (exact) mass is 446 g/mol. The minimum absolute atomic E-state index is 0.0976. The Morgan fingerprint density at radius 2 is 1.53 bits per heavy atom. The van der Waals surface area contributed by atoms with E-state index < -0.39 is 0 Å². The first kappa shape index (κ1) is 21.2. The van der Waals surface area contributed by atoms with Gasteiger partial charge in [-0.05, 0) is 80.5 Å². The van der Waals surface area contributed by atoms with E-state index >= 15 is 0 Å². The molecule has 0 radical (unpaired) electrons. The topological polar surface area (TPSA) is 77.0 Å². The van der Waals surface area contributed by atoms with E-state index in [0.29, 0.717) is 5.75 Å². The number of nitriles is 1. The summed E-state index contributed by atoms with van der Waals surface area (Å²) in [7, 11) is 0. The van der Waals surface area contributed by atoms with Gasteiger partial charge in [0, 0.05) is 10.4 Å². The fourth-order valence-electron chi connectivity index (χ4n) is 6.47. The SMILES string of the molecule is N#CCSc1ccccc1NC(=O)CNc1ccccc1NC12CC3CC(CC(C3)C1)C2. The molecule has 0 heterocycles. The normalized spacial score (nSPS) is 27.5. The fourth-order valence-corrected chi connectivity index (χ4v) is 7.14. The third-order valence-electron chi connectivity index (χ3n) is 7.26. The van der Waals surface area contributed by atoms with Crippen molar-refractivity contribution in [2.24, 2.45) is 17.8 Å². The Hall–Kier alpha value is -2.65. The lowest BCUT2D eigenvalue weighted by atomic mass is 9.53. The van der Waals surface area contributed by atoms with Crippen molar-refractivity contribution in [1.29, 1.82) is 5.26 Å². The third kappa shape index (κ3) is 4.59. The molecule has 2 aromatic carbocycles. The van der Waals surface area contributed by atoms with Gasteiger partial charge < -0.3 is 16.0 Å². The molecule has 1 amide bonds. The molecule has 166 valence electrons. The number of para-hydroxylation sites is 3. The molecule has 0 spiro atoms. The van der Waals surface area contributed by atoms with E-state index in [0.717, 1.165) is 39.7 Å². The van der Waals surface area contributed by atoms with Crippen LogP contribution < -0.4 is 16.0 Å². The van der Waals surface area contributed by atoms with Crippen molar-refractivity contribution in [3.8, 4) is 6.07 Å². The van der Waals surface area contributed by atoms with E-state index in [4.69, 9.17) is 5.26 Å². The van der Waals surface area contributed by atoms with Crippen LogP contribution in [0, 0.1) is 29.1 Å². The summed E-state index contributed by atoms with van der Waals surface area (Å²) in [6.45, 7) is 0.191. The molecule has 4 aliphatic carbocycles. The Morgan fingerprint density at radius 3 is 2.19 bits per heavy atom. The lowest BCUT2D eigenvalue weighted by Gasteiger charge is -2.57. The second kappa shape index (κ2) is 9.07. The standard InChI is InChI=1S/C26H30N4OS/c27-9-10-32-24-8-4-3-7-23(24)29-25(31)17-28-21-5-1-2-6-22(21)30-26-14-18-11-19(15-26)13-20(12-18)16-26/h1-8,18-20,28,30H,10-17H2,(H,29,31). The van der Waals surface area contributed by atoms with Gasteiger partial charge in [-0.2, -0.15) is 5.26 Å². The van der Waals surface area contributed by atoms with Gasteiger partial charge in [-0.15, -0.1) is 11.8 Å². The van der Waals surface area contributed by atoms with E-state index in [1.54, 1.807) is 0 Å². The molecular formula is C26H30N4OS. The number of nitrogens with zero attached hydrogens (tertiary/aromatic N) is 1. The van der Waals surface area contributed by atoms with Gasteiger partial charge >= 0.3 is 0 Å². The summed E-state index contributed by atoms with van der Waals surface area (Å²) in [5, 5.41) is 19.1. The second-order valence-corrected chi connectivity index (χ2v) is 10.7. The first-order valence-electron chi connectivity index (χ1n) is 11.6. The Bertz CT molecular complexity index is 995. The highest BCUT2D eigenvalue weighted by Crippen LogP contribution is 2.56. The van der Waals surface area contributed by atoms with E-state index in [1.807, 2.05) is 36.4 Å². The summed E-state index contributed by atoms with van der Waals surface area (Å²) < 4.78 is 0. The number of hydrogen-bond acceptors (Lipinski definition) is 5. The first-order chi connectivity index (χ1) is 15.6. The van der Waals surface area contributed by atoms with E-state index in [1.165, 1.54) is 50.3 Å². The zero-order valence-corrected chi connectivity index (χ0v) is 19.1. The maximum absolute atomic E-state index is 12.7. The Kier molecular flexibility index (Phi) is 6.01. The zero-order valence-electron chi connectivity index (χ0n) is 18.3. The molecule has 4 saturated carbocycles. The highest BCUT2D eigenvalue weighted by molar-refractivity contribution is 7.99. The number of amides is 1. The van der Waals surface area contributed by atoms with E-state index in [-0.39, 0.29) is 18.0 Å². The predicted octanol–water partition coefficient (Wildman–Crippen LogP) is 5.73. The van der Waals surface area contributed by atoms with Crippen LogP contribution in [0.25, 0.3) is 0 Å². The molecule has 2 aromatic rings. The molecule has 32 heavy (non-hydrogen) atoms. The molecule has 6 rings (SSSR count). The van der Waals surface area contributed by atoms with Crippen LogP contribution in [-0.4, -0.2) is 23.7 Å². The largest absolute Gasteiger partial charge is 0.378 e. The lowest BCUT2D eigenvalue weighted by molar-refractivity contribution is -0.114. The Morgan fingerprint density at radius 1 is 0.938 bits per heavy atom. The summed E-state index contributed by atoms with van der Waals surface area (Å²) in [5.74, 6) is 2.92. The number of benzene rings is 2. The van der Waals surface area contributed by atoms with Gasteiger partial charge in [0.05, 0.1) is 35.4 Å². The Labute approximate surface area is 194 Å². The summed E-state index contributed by atoms with van der Waals surface area (Å²) in [5.41, 5.74) is 3.06. The Balaban J connectivity index is 1.23. The summed E-state index contributed by atoms with van der Waals surface area (Å²) in [6, 6.07) is 18.0. The van der Waals surface area contributed by atoms with Crippen molar-refractivity contribution < 1.29 is 4.79 Å². The van der Waals surface area contributed by atoms with Gasteiger partial charge in [-0.25, -0.2) is 0 Å². The fraction of sp³-hybridized carbons (Fsp3) is 0.462. The molecule has 4 fully saturated rings. The molecule has 0 saturated heterocycles. The minimum Gasteiger partial charge on any atom is -0.378 e. The number of anilines is 3. The van der Waals surface area contributed by atoms with Gasteiger partial charge in [0.25, 0.3) is 0 Å². The van der Waals surface area contributed by atoms with Crippen molar-refractivity contribution in [2.75, 3.05) is 28.2 Å². The van der Waals surface area contributed by atoms with Gasteiger partial charge in [0.2, 0.25) is 5.91 Å². The maximum atomic E-state index is 12.7. The molecule has 4 aliphatic rings. The van der Waals surface area contributed by atoms with Crippen LogP contribution in [0.4, 0.5) is 17.1 Å². The first-order valence-corrected chi connectivity index (χ1v) is 12.6. The number of nitrogens with one attached hydrogen (secondary N) is 3. The molecule has 6 heteroatoms. The van der Waals surface area contributed by atoms with Gasteiger partial charge in [0.15, 0.2) is 0 Å². The number of carbonyl (C=O) groups excluding carboxylic acids is 1. The highest BCUT2D eigenvalue weighted by atomic mass is 32.2. The number of thioether (sulfide) groups is 1. The smallest absolute Gasteiger partial charge is 0.243 e. The van der Waals surface area contributed by atoms with Gasteiger partial charge in [-0.1, -0.05) is 24.3 Å². The molecular weight excluding hydrogens is 416 g/mol. The minimum atomic E-state index is -0.0976. The summed E-state index contributed by atoms with van der Waals surface area (Å²) in [4.78, 5) is 13.6. The van der Waals surface area contributed by atoms with Crippen LogP contribution >= 0.6 is 11.8 Å². The predicted molar refractivity (Wildman–Crippen MR) is 131 cm³/mol. The van der Waals surface area contributed by atoms with Crippen LogP contribution in [-0.2, 0) is 4.79 Å². The van der Waals surface area contributed by atoms with Gasteiger partial charge in [0.1, 0.15) is 0 Å². The summed E-state index contributed by atoms with van der Waals surface area (Å²) >= 11 is 1.43. The molecule has 0 atom stereocenters. The molecule has 0 unspecified atom stereocenters. The van der Waals surface area contributed by atoms with Crippen LogP contribution in [0.1, 0.15) is 38.5 Å². The lowest BCUT2D eigenvalue weighted by Crippen LogP contribution is -2.54. The van der Waals surface area contributed by atoms with Crippen molar-refractivity contribution in [2.45, 2.75) is 49.0 Å². The van der Waals surface area contributed by atoms with Crippen LogP contribution in [0.15, 0.2) is 53.4 Å². The van der Waals surface area contributed by atoms with Crippen LogP contribution in [0.5, 0.6) is 0 Å². The van der Waals surface area contributed by atoms with Crippen LogP contribution in [0.3, 0.4) is 0 Å². The van der Waals surface area contributed by atoms with Crippen molar-refractivity contribution in [1.82, 2.24) is 0 Å². The second-order valence-electron chi connectivity index (χ2n) is 9.71. The van der Waals surface area contributed by atoms with Gasteiger partial charge in [-0.3, -0.25) is 4.79 Å². The average Bonchev–Trinajstić information content (AvgIpc) is 2.77. The van der Waals surface area contributed by atoms with E-state index in [2.05, 4.69) is 34.2 Å². The van der Waals surface area contributed by atoms with Crippen molar-refractivity contribution in [3.05, 3.63) is 48.5 Å².